The summed E-state index contributed by atoms with van der Waals surface area (Å²) < 4.78 is 32.2. The van der Waals surface area contributed by atoms with Gasteiger partial charge in [0.25, 0.3) is 0 Å². The highest BCUT2D eigenvalue weighted by atomic mass is 19.1. The number of nitrogens with zero attached hydrogens (tertiary/aromatic N) is 1. The molecule has 0 amide bonds. The lowest BCUT2D eigenvalue weighted by Crippen LogP contribution is -2.39. The number of piperidine rings is 1. The van der Waals surface area contributed by atoms with Gasteiger partial charge < -0.3 is 19.8 Å². The monoisotopic (exact) mass is 315 g/mol. The number of rotatable bonds is 7. The van der Waals surface area contributed by atoms with E-state index in [0.29, 0.717) is 19.6 Å². The van der Waals surface area contributed by atoms with Gasteiger partial charge in [-0.1, -0.05) is 6.07 Å². The van der Waals surface area contributed by atoms with E-state index >= 15 is 0 Å². The summed E-state index contributed by atoms with van der Waals surface area (Å²) in [7, 11) is 0. The van der Waals surface area contributed by atoms with Crippen LogP contribution in [0.15, 0.2) is 18.2 Å². The van der Waals surface area contributed by atoms with Crippen molar-refractivity contribution in [2.75, 3.05) is 32.8 Å². The van der Waals surface area contributed by atoms with Crippen LogP contribution in [0, 0.1) is 11.6 Å². The third kappa shape index (κ3) is 4.98. The quantitative estimate of drug-likeness (QED) is 0.754. The van der Waals surface area contributed by atoms with Gasteiger partial charge in [-0.05, 0) is 25.3 Å². The Morgan fingerprint density at radius 2 is 2.00 bits per heavy atom. The zero-order valence-electron chi connectivity index (χ0n) is 12.5. The first-order chi connectivity index (χ1) is 10.6. The lowest BCUT2D eigenvalue weighted by atomic mass is 10.0. The number of aliphatic hydroxyl groups is 2. The van der Waals surface area contributed by atoms with E-state index in [9.17, 15) is 13.9 Å². The van der Waals surface area contributed by atoms with Crippen molar-refractivity contribution in [3.63, 3.8) is 0 Å². The molecule has 0 aromatic heterocycles. The largest absolute Gasteiger partial charge is 0.396 e. The second-order valence-electron chi connectivity index (χ2n) is 5.63. The van der Waals surface area contributed by atoms with Crippen LogP contribution in [0.1, 0.15) is 30.9 Å². The molecule has 1 aromatic carbocycles. The van der Waals surface area contributed by atoms with Crippen molar-refractivity contribution in [1.82, 2.24) is 4.90 Å². The van der Waals surface area contributed by atoms with Gasteiger partial charge in [0.15, 0.2) is 0 Å². The third-order valence-corrected chi connectivity index (χ3v) is 3.94. The molecule has 2 N–H and O–H groups in total. The first kappa shape index (κ1) is 17.3. The fourth-order valence-corrected chi connectivity index (χ4v) is 2.69. The minimum absolute atomic E-state index is 0.128. The van der Waals surface area contributed by atoms with Crippen molar-refractivity contribution in [2.45, 2.75) is 31.5 Å². The van der Waals surface area contributed by atoms with Crippen LogP contribution in [-0.4, -0.2) is 54.1 Å². The summed E-state index contributed by atoms with van der Waals surface area (Å²) in [6.07, 6.45) is 1.56. The van der Waals surface area contributed by atoms with Crippen LogP contribution >= 0.6 is 0 Å². The van der Waals surface area contributed by atoms with E-state index in [1.165, 1.54) is 6.07 Å². The Morgan fingerprint density at radius 1 is 1.27 bits per heavy atom. The van der Waals surface area contributed by atoms with E-state index in [-0.39, 0.29) is 18.3 Å². The predicted molar refractivity (Wildman–Crippen MR) is 78.4 cm³/mol. The summed E-state index contributed by atoms with van der Waals surface area (Å²) in [6, 6.07) is 3.24. The van der Waals surface area contributed by atoms with Crippen LogP contribution in [0.2, 0.25) is 0 Å². The van der Waals surface area contributed by atoms with Crippen LogP contribution in [0.4, 0.5) is 8.78 Å². The summed E-state index contributed by atoms with van der Waals surface area (Å²) >= 11 is 0. The number of likely N-dealkylation sites (tertiary alicyclic amines) is 1. The maximum atomic E-state index is 13.6. The molecule has 1 atom stereocenters. The normalized spacial score (nSPS) is 18.5. The number of benzene rings is 1. The van der Waals surface area contributed by atoms with Gasteiger partial charge in [0, 0.05) is 44.5 Å². The van der Waals surface area contributed by atoms with Crippen molar-refractivity contribution in [3.05, 3.63) is 35.4 Å². The highest BCUT2D eigenvalue weighted by Gasteiger charge is 2.23. The van der Waals surface area contributed by atoms with Gasteiger partial charge in [0.05, 0.1) is 12.2 Å². The Kier molecular flexibility index (Phi) is 6.70. The molecule has 22 heavy (non-hydrogen) atoms. The maximum absolute atomic E-state index is 13.6. The van der Waals surface area contributed by atoms with Crippen molar-refractivity contribution in [3.8, 4) is 0 Å². The van der Waals surface area contributed by atoms with Gasteiger partial charge in [-0.2, -0.15) is 0 Å². The van der Waals surface area contributed by atoms with Crippen molar-refractivity contribution >= 4 is 0 Å². The second-order valence-corrected chi connectivity index (χ2v) is 5.63. The second kappa shape index (κ2) is 8.53. The summed E-state index contributed by atoms with van der Waals surface area (Å²) in [5, 5.41) is 18.8. The number of hydrogen-bond acceptors (Lipinski definition) is 4. The molecule has 1 aliphatic rings. The molecule has 2 rings (SSSR count). The average molecular weight is 315 g/mol. The van der Waals surface area contributed by atoms with E-state index < -0.39 is 17.7 Å². The summed E-state index contributed by atoms with van der Waals surface area (Å²) in [5.41, 5.74) is 0.128. The van der Waals surface area contributed by atoms with Gasteiger partial charge in [-0.3, -0.25) is 0 Å². The lowest BCUT2D eigenvalue weighted by Gasteiger charge is -2.33. The van der Waals surface area contributed by atoms with Crippen LogP contribution < -0.4 is 0 Å². The molecule has 1 heterocycles. The maximum Gasteiger partial charge on any atom is 0.131 e. The zero-order valence-corrected chi connectivity index (χ0v) is 12.5. The number of ether oxygens (including phenoxy) is 1. The van der Waals surface area contributed by atoms with Crippen LogP contribution in [0.3, 0.4) is 0 Å². The molecule has 1 fully saturated rings. The molecule has 1 aliphatic heterocycles. The molecule has 4 nitrogen and oxygen atoms in total. The van der Waals surface area contributed by atoms with E-state index in [2.05, 4.69) is 4.90 Å². The minimum atomic E-state index is -0.965. The Morgan fingerprint density at radius 3 is 2.64 bits per heavy atom. The molecule has 0 aliphatic carbocycles. The minimum Gasteiger partial charge on any atom is -0.396 e. The first-order valence-corrected chi connectivity index (χ1v) is 7.68. The van der Waals surface area contributed by atoms with Crippen molar-refractivity contribution in [1.29, 1.82) is 0 Å². The fraction of sp³-hybridized carbons (Fsp3) is 0.625. The molecular weight excluding hydrogens is 292 g/mol. The molecular formula is C16H23F2NO3. The van der Waals surface area contributed by atoms with Crippen molar-refractivity contribution in [2.24, 2.45) is 0 Å². The van der Waals surface area contributed by atoms with Crippen LogP contribution in [-0.2, 0) is 4.74 Å². The summed E-state index contributed by atoms with van der Waals surface area (Å²) in [6.45, 7) is 2.55. The molecule has 124 valence electrons. The predicted octanol–water partition coefficient (Wildman–Crippen LogP) is 1.86. The van der Waals surface area contributed by atoms with Gasteiger partial charge in [0.1, 0.15) is 11.6 Å². The Labute approximate surface area is 129 Å². The molecule has 1 unspecified atom stereocenters. The van der Waals surface area contributed by atoms with Crippen LogP contribution in [0.5, 0.6) is 0 Å². The highest BCUT2D eigenvalue weighted by molar-refractivity contribution is 5.21. The van der Waals surface area contributed by atoms with E-state index in [0.717, 1.165) is 38.1 Å². The Balaban J connectivity index is 1.78. The number of β-amino-alcohol motifs (C(OH)–C–C–N with tert-alkyl or cyclic N) is 1. The van der Waals surface area contributed by atoms with Gasteiger partial charge in [-0.25, -0.2) is 8.78 Å². The van der Waals surface area contributed by atoms with Crippen LogP contribution in [0.25, 0.3) is 0 Å². The topological polar surface area (TPSA) is 52.9 Å². The number of hydrogen-bond donors (Lipinski definition) is 2. The molecule has 6 heteroatoms. The summed E-state index contributed by atoms with van der Waals surface area (Å²) in [5.74, 6) is -1.36. The standard InChI is InChI=1S/C16H23F2NO3/c17-12-2-3-14(15(18)10-12)16(21)11-19-6-4-13(5-7-19)22-9-1-8-20/h2-3,10,13,16,20-21H,1,4-9,11H2. The molecule has 1 aromatic rings. The fourth-order valence-electron chi connectivity index (χ4n) is 2.69. The highest BCUT2D eigenvalue weighted by Crippen LogP contribution is 2.21. The first-order valence-electron chi connectivity index (χ1n) is 7.68. The molecule has 1 saturated heterocycles. The molecule has 0 radical (unpaired) electrons. The van der Waals surface area contributed by atoms with E-state index in [1.807, 2.05) is 0 Å². The number of halogens is 2. The number of aliphatic hydroxyl groups excluding tert-OH is 2. The Hall–Kier alpha value is -1.08. The molecule has 0 saturated carbocycles. The average Bonchev–Trinajstić information content (AvgIpc) is 2.49. The van der Waals surface area contributed by atoms with Gasteiger partial charge >= 0.3 is 0 Å². The van der Waals surface area contributed by atoms with Crippen molar-refractivity contribution < 1.29 is 23.7 Å². The SMILES string of the molecule is OCCCOC1CCN(CC(O)c2ccc(F)cc2F)CC1. The zero-order chi connectivity index (χ0) is 15.9. The molecule has 0 spiro atoms. The Bertz CT molecular complexity index is 465. The smallest absolute Gasteiger partial charge is 0.131 e. The molecule has 0 bridgehead atoms. The van der Waals surface area contributed by atoms with Gasteiger partial charge in [-0.15, -0.1) is 0 Å². The van der Waals surface area contributed by atoms with E-state index in [1.54, 1.807) is 0 Å². The lowest BCUT2D eigenvalue weighted by molar-refractivity contribution is -0.00676. The summed E-state index contributed by atoms with van der Waals surface area (Å²) in [4.78, 5) is 2.05. The third-order valence-electron chi connectivity index (χ3n) is 3.94. The van der Waals surface area contributed by atoms with Gasteiger partial charge in [0.2, 0.25) is 0 Å². The van der Waals surface area contributed by atoms with E-state index in [4.69, 9.17) is 9.84 Å².